The first kappa shape index (κ1) is 14.0. The van der Waals surface area contributed by atoms with Crippen LogP contribution in [0, 0.1) is 0 Å². The zero-order chi connectivity index (χ0) is 12.7. The third-order valence-corrected chi connectivity index (χ3v) is 2.35. The zero-order valence-electron chi connectivity index (χ0n) is 11.1. The first-order chi connectivity index (χ1) is 8.08. The summed E-state index contributed by atoms with van der Waals surface area (Å²) in [6.45, 7) is 7.91. The predicted molar refractivity (Wildman–Crippen MR) is 72.4 cm³/mol. The summed E-state index contributed by atoms with van der Waals surface area (Å²) in [5.74, 6) is 0.937. The maximum atomic E-state index is 5.66. The van der Waals surface area contributed by atoms with Gasteiger partial charge in [0.25, 0.3) is 0 Å². The molecule has 1 atom stereocenters. The lowest BCUT2D eigenvalue weighted by molar-refractivity contribution is 0.242. The van der Waals surface area contributed by atoms with E-state index in [1.54, 1.807) is 0 Å². The fourth-order valence-corrected chi connectivity index (χ4v) is 1.57. The second-order valence-corrected chi connectivity index (χ2v) is 4.74. The van der Waals surface area contributed by atoms with E-state index in [0.717, 1.165) is 25.3 Å². The molecule has 3 N–H and O–H groups in total. The summed E-state index contributed by atoms with van der Waals surface area (Å²) in [4.78, 5) is 0. The molecule has 1 aromatic carbocycles. The highest BCUT2D eigenvalue weighted by atomic mass is 16.5. The van der Waals surface area contributed by atoms with Gasteiger partial charge in [0, 0.05) is 12.6 Å². The van der Waals surface area contributed by atoms with Gasteiger partial charge in [-0.2, -0.15) is 0 Å². The third kappa shape index (κ3) is 6.29. The second kappa shape index (κ2) is 7.30. The molecule has 3 heteroatoms. The van der Waals surface area contributed by atoms with Crippen LogP contribution in [0.3, 0.4) is 0 Å². The molecule has 1 unspecified atom stereocenters. The van der Waals surface area contributed by atoms with Crippen LogP contribution in [0.25, 0.3) is 0 Å². The van der Waals surface area contributed by atoms with Crippen LogP contribution < -0.4 is 15.8 Å². The van der Waals surface area contributed by atoms with Crippen LogP contribution >= 0.6 is 0 Å². The summed E-state index contributed by atoms with van der Waals surface area (Å²) < 4.78 is 5.59. The number of nitrogens with two attached hydrogens (primary N) is 1. The van der Waals surface area contributed by atoms with Crippen molar-refractivity contribution >= 4 is 0 Å². The molecule has 0 aromatic heterocycles. The van der Waals surface area contributed by atoms with Gasteiger partial charge in [0.2, 0.25) is 0 Å². The molecule has 0 radical (unpaired) electrons. The highest BCUT2D eigenvalue weighted by Gasteiger charge is 1.98. The summed E-state index contributed by atoms with van der Waals surface area (Å²) in [5.41, 5.74) is 6.98. The maximum absolute atomic E-state index is 5.66. The van der Waals surface area contributed by atoms with Gasteiger partial charge in [0.15, 0.2) is 0 Å². The molecule has 0 bridgehead atoms. The highest BCUT2D eigenvalue weighted by molar-refractivity contribution is 5.27. The minimum absolute atomic E-state index is 0.219. The molecule has 3 nitrogen and oxygen atoms in total. The van der Waals surface area contributed by atoms with Gasteiger partial charge in [-0.05, 0) is 51.4 Å². The molecular weight excluding hydrogens is 212 g/mol. The Labute approximate surface area is 104 Å². The van der Waals surface area contributed by atoms with Crippen LogP contribution in [0.2, 0.25) is 0 Å². The Bertz CT molecular complexity index is 307. The van der Waals surface area contributed by atoms with Crippen molar-refractivity contribution in [3.63, 3.8) is 0 Å². The van der Waals surface area contributed by atoms with Crippen molar-refractivity contribution in [1.29, 1.82) is 0 Å². The quantitative estimate of drug-likeness (QED) is 0.711. The van der Waals surface area contributed by atoms with Crippen molar-refractivity contribution in [2.75, 3.05) is 13.1 Å². The van der Waals surface area contributed by atoms with Gasteiger partial charge in [-0.3, -0.25) is 0 Å². The Hall–Kier alpha value is -1.06. The lowest BCUT2D eigenvalue weighted by Crippen LogP contribution is -2.32. The number of hydrogen-bond acceptors (Lipinski definition) is 3. The fraction of sp³-hybridized carbons (Fsp3) is 0.571. The van der Waals surface area contributed by atoms with Crippen molar-refractivity contribution in [3.8, 4) is 5.75 Å². The average Bonchev–Trinajstić information content (AvgIpc) is 2.25. The number of hydrogen-bond donors (Lipinski definition) is 2. The number of ether oxygens (including phenoxy) is 1. The second-order valence-electron chi connectivity index (χ2n) is 4.74. The smallest absolute Gasteiger partial charge is 0.119 e. The van der Waals surface area contributed by atoms with E-state index >= 15 is 0 Å². The highest BCUT2D eigenvalue weighted by Crippen LogP contribution is 2.13. The van der Waals surface area contributed by atoms with E-state index in [-0.39, 0.29) is 12.1 Å². The standard InChI is InChI=1S/C14H24N2O/c1-11(2)17-14-6-4-13(5-7-14)8-9-16-10-12(3)15/h4-7,11-12,16H,8-10,15H2,1-3H3. The number of benzene rings is 1. The Balaban J connectivity index is 2.30. The topological polar surface area (TPSA) is 47.3 Å². The van der Waals surface area contributed by atoms with Crippen LogP contribution in [0.5, 0.6) is 5.75 Å². The van der Waals surface area contributed by atoms with Gasteiger partial charge in [-0.1, -0.05) is 12.1 Å². The molecule has 1 rings (SSSR count). The molecule has 0 saturated heterocycles. The summed E-state index contributed by atoms with van der Waals surface area (Å²) in [6.07, 6.45) is 1.25. The normalized spacial score (nSPS) is 12.8. The minimum atomic E-state index is 0.219. The van der Waals surface area contributed by atoms with Crippen molar-refractivity contribution in [1.82, 2.24) is 5.32 Å². The van der Waals surface area contributed by atoms with E-state index in [9.17, 15) is 0 Å². The molecule has 0 aliphatic carbocycles. The van der Waals surface area contributed by atoms with E-state index in [0.29, 0.717) is 0 Å². The van der Waals surface area contributed by atoms with Crippen LogP contribution in [-0.4, -0.2) is 25.2 Å². The summed E-state index contributed by atoms with van der Waals surface area (Å²) in [6, 6.07) is 8.51. The Morgan fingerprint density at radius 2 is 1.82 bits per heavy atom. The van der Waals surface area contributed by atoms with Gasteiger partial charge >= 0.3 is 0 Å². The van der Waals surface area contributed by atoms with E-state index in [2.05, 4.69) is 17.4 Å². The monoisotopic (exact) mass is 236 g/mol. The molecule has 0 saturated carbocycles. The zero-order valence-corrected chi connectivity index (χ0v) is 11.1. The molecule has 0 fully saturated rings. The van der Waals surface area contributed by atoms with E-state index < -0.39 is 0 Å². The van der Waals surface area contributed by atoms with E-state index in [1.165, 1.54) is 5.56 Å². The van der Waals surface area contributed by atoms with Crippen LogP contribution in [0.1, 0.15) is 26.3 Å². The third-order valence-electron chi connectivity index (χ3n) is 2.35. The van der Waals surface area contributed by atoms with Crippen molar-refractivity contribution in [2.24, 2.45) is 5.73 Å². The Morgan fingerprint density at radius 1 is 1.18 bits per heavy atom. The van der Waals surface area contributed by atoms with Gasteiger partial charge < -0.3 is 15.8 Å². The van der Waals surface area contributed by atoms with E-state index in [4.69, 9.17) is 10.5 Å². The molecule has 96 valence electrons. The first-order valence-corrected chi connectivity index (χ1v) is 6.30. The first-order valence-electron chi connectivity index (χ1n) is 6.30. The van der Waals surface area contributed by atoms with Gasteiger partial charge in [0.1, 0.15) is 5.75 Å². The van der Waals surface area contributed by atoms with E-state index in [1.807, 2.05) is 32.9 Å². The van der Waals surface area contributed by atoms with Gasteiger partial charge in [0.05, 0.1) is 6.10 Å². The van der Waals surface area contributed by atoms with Crippen LogP contribution in [-0.2, 0) is 6.42 Å². The van der Waals surface area contributed by atoms with Crippen LogP contribution in [0.4, 0.5) is 0 Å². The number of nitrogens with one attached hydrogen (secondary N) is 1. The van der Waals surface area contributed by atoms with Crippen molar-refractivity contribution in [2.45, 2.75) is 39.3 Å². The minimum Gasteiger partial charge on any atom is -0.491 e. The molecule has 0 aliphatic heterocycles. The lowest BCUT2D eigenvalue weighted by Gasteiger charge is -2.10. The largest absolute Gasteiger partial charge is 0.491 e. The van der Waals surface area contributed by atoms with Crippen molar-refractivity contribution in [3.05, 3.63) is 29.8 Å². The fourth-order valence-electron chi connectivity index (χ4n) is 1.57. The molecular formula is C14H24N2O. The lowest BCUT2D eigenvalue weighted by atomic mass is 10.1. The predicted octanol–water partition coefficient (Wildman–Crippen LogP) is 1.95. The molecule has 0 heterocycles. The average molecular weight is 236 g/mol. The SMILES string of the molecule is CC(N)CNCCc1ccc(OC(C)C)cc1. The number of rotatable bonds is 7. The molecule has 0 aliphatic rings. The summed E-state index contributed by atoms with van der Waals surface area (Å²) >= 11 is 0. The maximum Gasteiger partial charge on any atom is 0.119 e. The Morgan fingerprint density at radius 3 is 2.35 bits per heavy atom. The molecule has 17 heavy (non-hydrogen) atoms. The molecule has 0 amide bonds. The van der Waals surface area contributed by atoms with Gasteiger partial charge in [-0.15, -0.1) is 0 Å². The van der Waals surface area contributed by atoms with Crippen LogP contribution in [0.15, 0.2) is 24.3 Å². The van der Waals surface area contributed by atoms with Crippen molar-refractivity contribution < 1.29 is 4.74 Å². The molecule has 1 aromatic rings. The summed E-state index contributed by atoms with van der Waals surface area (Å²) in [5, 5.41) is 3.32. The van der Waals surface area contributed by atoms with Gasteiger partial charge in [-0.25, -0.2) is 0 Å². The Kier molecular flexibility index (Phi) is 6.01. The summed E-state index contributed by atoms with van der Waals surface area (Å²) in [7, 11) is 0. The molecule has 0 spiro atoms.